The van der Waals surface area contributed by atoms with Gasteiger partial charge in [0, 0.05) is 32.4 Å². The molecular formula is C22H22N4O3. The maximum Gasteiger partial charge on any atom is 0.339 e. The van der Waals surface area contributed by atoms with E-state index < -0.39 is 6.10 Å². The van der Waals surface area contributed by atoms with Crippen LogP contribution in [-0.4, -0.2) is 47.6 Å². The summed E-state index contributed by atoms with van der Waals surface area (Å²) in [6, 6.07) is 9.76. The summed E-state index contributed by atoms with van der Waals surface area (Å²) in [6.45, 7) is 3.35. The van der Waals surface area contributed by atoms with E-state index in [0.29, 0.717) is 5.57 Å². The molecule has 0 bridgehead atoms. The first-order chi connectivity index (χ1) is 14.1. The first-order valence-electron chi connectivity index (χ1n) is 9.59. The van der Waals surface area contributed by atoms with Crippen LogP contribution in [0.1, 0.15) is 24.5 Å². The molecule has 1 aromatic heterocycles. The number of carbonyl (C=O) groups excluding carboxylic acids is 2. The first kappa shape index (κ1) is 18.9. The number of aromatic nitrogens is 2. The zero-order chi connectivity index (χ0) is 20.2. The van der Waals surface area contributed by atoms with Crippen LogP contribution in [0.4, 0.5) is 5.95 Å². The maximum atomic E-state index is 12.2. The Morgan fingerprint density at radius 1 is 1.21 bits per heavy atom. The third-order valence-electron chi connectivity index (χ3n) is 4.99. The molecule has 7 nitrogen and oxygen atoms in total. The van der Waals surface area contributed by atoms with Crippen molar-refractivity contribution < 1.29 is 14.3 Å². The van der Waals surface area contributed by atoms with Gasteiger partial charge in [0.1, 0.15) is 6.10 Å². The lowest BCUT2D eigenvalue weighted by Gasteiger charge is -2.26. The Hall–Kier alpha value is -3.48. The van der Waals surface area contributed by atoms with E-state index in [4.69, 9.17) is 4.74 Å². The van der Waals surface area contributed by atoms with Crippen molar-refractivity contribution in [3.63, 3.8) is 0 Å². The molecule has 2 aliphatic heterocycles. The van der Waals surface area contributed by atoms with Crippen LogP contribution in [0.25, 0.3) is 11.1 Å². The van der Waals surface area contributed by atoms with Crippen molar-refractivity contribution in [1.29, 1.82) is 0 Å². The molecule has 2 aromatic rings. The molecule has 1 amide bonds. The standard InChI is InChI=1S/C22H22N4O3/c1-15(27)25-14-19-13-20(21(28)29-19)18-5-3-16(4-6-18)17-7-11-26(12-8-17)22-23-9-2-10-24-22/h2-7,9-10,13,19H,8,11-12,14H2,1H3,(H,25,27)/t19-/m1/s1. The Kier molecular flexibility index (Phi) is 5.37. The molecule has 0 saturated heterocycles. The number of cyclic esters (lactones) is 1. The molecule has 0 aliphatic carbocycles. The van der Waals surface area contributed by atoms with Gasteiger partial charge in [-0.2, -0.15) is 0 Å². The van der Waals surface area contributed by atoms with E-state index in [0.717, 1.165) is 36.6 Å². The lowest BCUT2D eigenvalue weighted by Crippen LogP contribution is -2.29. The average molecular weight is 390 g/mol. The van der Waals surface area contributed by atoms with E-state index >= 15 is 0 Å². The second-order valence-electron chi connectivity index (χ2n) is 7.01. The van der Waals surface area contributed by atoms with Crippen LogP contribution in [0.3, 0.4) is 0 Å². The zero-order valence-corrected chi connectivity index (χ0v) is 16.2. The minimum atomic E-state index is -0.423. The third kappa shape index (κ3) is 4.34. The van der Waals surface area contributed by atoms with Crippen LogP contribution >= 0.6 is 0 Å². The van der Waals surface area contributed by atoms with E-state index in [2.05, 4.69) is 26.3 Å². The number of nitrogens with zero attached hydrogens (tertiary/aromatic N) is 3. The summed E-state index contributed by atoms with van der Waals surface area (Å²) in [6.07, 6.45) is 7.95. The number of rotatable bonds is 5. The van der Waals surface area contributed by atoms with Gasteiger partial charge in [0.2, 0.25) is 11.9 Å². The van der Waals surface area contributed by atoms with Gasteiger partial charge in [0.25, 0.3) is 0 Å². The summed E-state index contributed by atoms with van der Waals surface area (Å²) < 4.78 is 5.30. The van der Waals surface area contributed by atoms with Gasteiger partial charge in [-0.3, -0.25) is 4.79 Å². The van der Waals surface area contributed by atoms with Gasteiger partial charge in [0.05, 0.1) is 12.1 Å². The Labute approximate surface area is 169 Å². The summed E-state index contributed by atoms with van der Waals surface area (Å²) in [4.78, 5) is 33.9. The summed E-state index contributed by atoms with van der Waals surface area (Å²) in [5.74, 6) is 0.243. The molecule has 29 heavy (non-hydrogen) atoms. The molecule has 7 heteroatoms. The molecule has 0 unspecified atom stereocenters. The summed E-state index contributed by atoms with van der Waals surface area (Å²) in [5, 5.41) is 2.67. The van der Waals surface area contributed by atoms with Gasteiger partial charge < -0.3 is 15.0 Å². The number of carbonyl (C=O) groups is 2. The van der Waals surface area contributed by atoms with Crippen LogP contribution in [0.2, 0.25) is 0 Å². The molecule has 1 atom stereocenters. The number of hydrogen-bond donors (Lipinski definition) is 1. The van der Waals surface area contributed by atoms with Crippen LogP contribution in [0.5, 0.6) is 0 Å². The highest BCUT2D eigenvalue weighted by atomic mass is 16.5. The number of ether oxygens (including phenoxy) is 1. The van der Waals surface area contributed by atoms with E-state index in [-0.39, 0.29) is 18.4 Å². The normalized spacial score (nSPS) is 18.7. The monoisotopic (exact) mass is 390 g/mol. The van der Waals surface area contributed by atoms with Crippen LogP contribution in [0, 0.1) is 0 Å². The fourth-order valence-electron chi connectivity index (χ4n) is 3.48. The van der Waals surface area contributed by atoms with Crippen molar-refractivity contribution >= 4 is 29.0 Å². The molecule has 0 fully saturated rings. The number of amides is 1. The number of nitrogens with one attached hydrogen (secondary N) is 1. The Morgan fingerprint density at radius 2 is 1.93 bits per heavy atom. The molecule has 0 saturated carbocycles. The molecule has 148 valence electrons. The van der Waals surface area contributed by atoms with Crippen molar-refractivity contribution in [1.82, 2.24) is 15.3 Å². The van der Waals surface area contributed by atoms with E-state index in [1.807, 2.05) is 30.3 Å². The topological polar surface area (TPSA) is 84.4 Å². The minimum Gasteiger partial charge on any atom is -0.453 e. The van der Waals surface area contributed by atoms with Gasteiger partial charge in [0.15, 0.2) is 0 Å². The van der Waals surface area contributed by atoms with Crippen molar-refractivity contribution in [2.45, 2.75) is 19.4 Å². The second kappa shape index (κ2) is 8.26. The lowest BCUT2D eigenvalue weighted by molar-refractivity contribution is -0.138. The smallest absolute Gasteiger partial charge is 0.339 e. The van der Waals surface area contributed by atoms with Crippen molar-refractivity contribution in [3.05, 3.63) is 66.0 Å². The molecule has 0 radical (unpaired) electrons. The lowest BCUT2D eigenvalue weighted by atomic mass is 9.96. The first-order valence-corrected chi connectivity index (χ1v) is 9.59. The molecule has 4 rings (SSSR count). The van der Waals surface area contributed by atoms with Gasteiger partial charge >= 0.3 is 5.97 Å². The fraction of sp³-hybridized carbons (Fsp3) is 0.273. The van der Waals surface area contributed by atoms with Crippen molar-refractivity contribution in [2.75, 3.05) is 24.5 Å². The highest BCUT2D eigenvalue weighted by Crippen LogP contribution is 2.28. The minimum absolute atomic E-state index is 0.148. The predicted molar refractivity (Wildman–Crippen MR) is 110 cm³/mol. The summed E-state index contributed by atoms with van der Waals surface area (Å²) in [7, 11) is 0. The molecular weight excluding hydrogens is 368 g/mol. The molecule has 1 aromatic carbocycles. The van der Waals surface area contributed by atoms with Gasteiger partial charge in [-0.05, 0) is 35.3 Å². The van der Waals surface area contributed by atoms with Gasteiger partial charge in [-0.15, -0.1) is 0 Å². The van der Waals surface area contributed by atoms with Crippen LogP contribution in [0.15, 0.2) is 54.9 Å². The fourth-order valence-corrected chi connectivity index (χ4v) is 3.48. The number of esters is 1. The molecule has 3 heterocycles. The SMILES string of the molecule is CC(=O)NC[C@H]1C=C(c2ccc(C3=CCN(c4ncccn4)CC3)cc2)C(=O)O1. The van der Waals surface area contributed by atoms with Gasteiger partial charge in [-0.25, -0.2) is 14.8 Å². The average Bonchev–Trinajstić information content (AvgIpc) is 3.14. The van der Waals surface area contributed by atoms with E-state index in [1.54, 1.807) is 18.5 Å². The van der Waals surface area contributed by atoms with Crippen molar-refractivity contribution in [3.8, 4) is 0 Å². The van der Waals surface area contributed by atoms with Crippen LogP contribution in [-0.2, 0) is 14.3 Å². The molecule has 0 spiro atoms. The van der Waals surface area contributed by atoms with Gasteiger partial charge in [-0.1, -0.05) is 30.3 Å². The molecule has 1 N–H and O–H groups in total. The Morgan fingerprint density at radius 3 is 2.59 bits per heavy atom. The van der Waals surface area contributed by atoms with E-state index in [9.17, 15) is 9.59 Å². The Bertz CT molecular complexity index is 967. The zero-order valence-electron chi connectivity index (χ0n) is 16.2. The summed E-state index contributed by atoms with van der Waals surface area (Å²) in [5.41, 5.74) is 3.77. The maximum absolute atomic E-state index is 12.2. The number of anilines is 1. The highest BCUT2D eigenvalue weighted by Gasteiger charge is 2.26. The van der Waals surface area contributed by atoms with Crippen molar-refractivity contribution in [2.24, 2.45) is 0 Å². The molecule has 2 aliphatic rings. The quantitative estimate of drug-likeness (QED) is 0.788. The third-order valence-corrected chi connectivity index (χ3v) is 4.99. The summed E-state index contributed by atoms with van der Waals surface area (Å²) >= 11 is 0. The largest absolute Gasteiger partial charge is 0.453 e. The number of benzene rings is 1. The second-order valence-corrected chi connectivity index (χ2v) is 7.01. The predicted octanol–water partition coefficient (Wildman–Crippen LogP) is 2.22. The highest BCUT2D eigenvalue weighted by molar-refractivity contribution is 6.18. The van der Waals surface area contributed by atoms with Crippen LogP contribution < -0.4 is 10.2 Å². The Balaban J connectivity index is 1.43. The van der Waals surface area contributed by atoms with E-state index in [1.165, 1.54) is 12.5 Å². The number of hydrogen-bond acceptors (Lipinski definition) is 6.